The Morgan fingerprint density at radius 3 is 2.37 bits per heavy atom. The maximum absolute atomic E-state index is 14.4. The molecule has 1 atom stereocenters. The lowest BCUT2D eigenvalue weighted by atomic mass is 9.79. The highest BCUT2D eigenvalue weighted by molar-refractivity contribution is 7.87. The van der Waals surface area contributed by atoms with Crippen LogP contribution in [0.25, 0.3) is 0 Å². The molecule has 3 fully saturated rings. The highest BCUT2D eigenvalue weighted by Crippen LogP contribution is 2.37. The first-order valence-electron chi connectivity index (χ1n) is 13.4. The standard InChI is InChI=1S/C28H35FN4O4S/c1-19-8-5-6-13-25(19)26(27(34)30-22-10-3-2-4-11-22)33(24-12-7-9-21(29)18-24)28(35)20-16-23(17-20)31-38(36,37)32-14-15-32/h5-9,12-13,18,20,22-23,26,31H,2-4,10-11,14-17H2,1H3,(H,30,34). The second kappa shape index (κ2) is 11.1. The molecule has 3 aliphatic rings. The molecule has 2 amide bonds. The summed E-state index contributed by atoms with van der Waals surface area (Å²) in [5.74, 6) is -1.60. The summed E-state index contributed by atoms with van der Waals surface area (Å²) in [7, 11) is -3.52. The van der Waals surface area contributed by atoms with E-state index in [0.29, 0.717) is 37.2 Å². The Kier molecular flexibility index (Phi) is 7.83. The summed E-state index contributed by atoms with van der Waals surface area (Å²) in [6.45, 7) is 2.91. The minimum absolute atomic E-state index is 0.0344. The van der Waals surface area contributed by atoms with E-state index in [4.69, 9.17) is 0 Å². The number of hydrogen-bond acceptors (Lipinski definition) is 4. The van der Waals surface area contributed by atoms with Gasteiger partial charge in [-0.2, -0.15) is 17.4 Å². The number of rotatable bonds is 9. The second-order valence-corrected chi connectivity index (χ2v) is 12.4. The number of nitrogens with one attached hydrogen (secondary N) is 2. The van der Waals surface area contributed by atoms with E-state index in [0.717, 1.165) is 37.7 Å². The minimum atomic E-state index is -3.52. The van der Waals surface area contributed by atoms with E-state index in [9.17, 15) is 22.4 Å². The van der Waals surface area contributed by atoms with E-state index in [1.807, 2.05) is 31.2 Å². The molecule has 2 aromatic carbocycles. The van der Waals surface area contributed by atoms with Crippen LogP contribution >= 0.6 is 0 Å². The number of carbonyl (C=O) groups is 2. The summed E-state index contributed by atoms with van der Waals surface area (Å²) in [5, 5.41) is 3.17. The van der Waals surface area contributed by atoms with Crippen molar-refractivity contribution in [2.75, 3.05) is 18.0 Å². The number of halogens is 1. The van der Waals surface area contributed by atoms with Gasteiger partial charge in [-0.05, 0) is 61.9 Å². The van der Waals surface area contributed by atoms with Crippen molar-refractivity contribution in [3.63, 3.8) is 0 Å². The molecule has 2 aliphatic carbocycles. The molecule has 2 aromatic rings. The molecule has 0 spiro atoms. The Bertz CT molecular complexity index is 1290. The minimum Gasteiger partial charge on any atom is -0.351 e. The van der Waals surface area contributed by atoms with Crippen LogP contribution in [0.2, 0.25) is 0 Å². The van der Waals surface area contributed by atoms with Crippen LogP contribution in [0.5, 0.6) is 0 Å². The van der Waals surface area contributed by atoms with Crippen molar-refractivity contribution >= 4 is 27.7 Å². The zero-order valence-corrected chi connectivity index (χ0v) is 22.4. The van der Waals surface area contributed by atoms with Gasteiger partial charge in [0.15, 0.2) is 0 Å². The van der Waals surface area contributed by atoms with Crippen molar-refractivity contribution in [2.24, 2.45) is 5.92 Å². The molecule has 38 heavy (non-hydrogen) atoms. The van der Waals surface area contributed by atoms with E-state index in [-0.39, 0.29) is 23.9 Å². The van der Waals surface area contributed by atoms with Crippen molar-refractivity contribution in [1.29, 1.82) is 0 Å². The first-order chi connectivity index (χ1) is 18.2. The van der Waals surface area contributed by atoms with Crippen LogP contribution in [0.15, 0.2) is 48.5 Å². The van der Waals surface area contributed by atoms with E-state index >= 15 is 0 Å². The summed E-state index contributed by atoms with van der Waals surface area (Å²) < 4.78 is 43.0. The van der Waals surface area contributed by atoms with Gasteiger partial charge in [-0.1, -0.05) is 49.6 Å². The Balaban J connectivity index is 1.45. The van der Waals surface area contributed by atoms with Crippen LogP contribution < -0.4 is 14.9 Å². The average Bonchev–Trinajstić information content (AvgIpc) is 3.72. The first kappa shape index (κ1) is 26.8. The van der Waals surface area contributed by atoms with Gasteiger partial charge in [0.05, 0.1) is 0 Å². The molecule has 2 saturated carbocycles. The van der Waals surface area contributed by atoms with Crippen LogP contribution in [-0.4, -0.2) is 49.7 Å². The van der Waals surface area contributed by atoms with Gasteiger partial charge in [-0.25, -0.2) is 4.39 Å². The second-order valence-electron chi connectivity index (χ2n) is 10.7. The molecule has 1 unspecified atom stereocenters. The van der Waals surface area contributed by atoms with Crippen LogP contribution in [0.3, 0.4) is 0 Å². The van der Waals surface area contributed by atoms with Gasteiger partial charge in [-0.3, -0.25) is 14.5 Å². The molecular formula is C28H35FN4O4S. The molecule has 10 heteroatoms. The maximum atomic E-state index is 14.4. The largest absolute Gasteiger partial charge is 0.351 e. The first-order valence-corrected chi connectivity index (χ1v) is 14.9. The fourth-order valence-electron chi connectivity index (χ4n) is 5.53. The number of carbonyl (C=O) groups excluding carboxylic acids is 2. The molecule has 1 heterocycles. The molecule has 204 valence electrons. The number of benzene rings is 2. The summed E-state index contributed by atoms with van der Waals surface area (Å²) in [4.78, 5) is 29.4. The van der Waals surface area contributed by atoms with Gasteiger partial charge in [0.1, 0.15) is 11.9 Å². The topological polar surface area (TPSA) is 98.6 Å². The molecule has 5 rings (SSSR count). The Hall–Kier alpha value is -2.82. The molecule has 8 nitrogen and oxygen atoms in total. The SMILES string of the molecule is Cc1ccccc1C(C(=O)NC1CCCCC1)N(C(=O)C1CC(NS(=O)(=O)N2CC2)C1)c1cccc(F)c1. The summed E-state index contributed by atoms with van der Waals surface area (Å²) in [6, 6.07) is 11.9. The Morgan fingerprint density at radius 1 is 1.00 bits per heavy atom. The fraction of sp³-hybridized carbons (Fsp3) is 0.500. The fourth-order valence-corrected chi connectivity index (χ4v) is 6.85. The molecule has 1 aliphatic heterocycles. The monoisotopic (exact) mass is 542 g/mol. The van der Waals surface area contributed by atoms with Crippen LogP contribution in [-0.2, 0) is 19.8 Å². The molecule has 0 radical (unpaired) electrons. The zero-order valence-electron chi connectivity index (χ0n) is 21.6. The summed E-state index contributed by atoms with van der Waals surface area (Å²) in [5.41, 5.74) is 1.83. The zero-order chi connectivity index (χ0) is 26.9. The third-order valence-corrected chi connectivity index (χ3v) is 9.49. The van der Waals surface area contributed by atoms with Gasteiger partial charge < -0.3 is 5.32 Å². The maximum Gasteiger partial charge on any atom is 0.279 e. The Labute approximate surface area is 223 Å². The van der Waals surface area contributed by atoms with Gasteiger partial charge in [-0.15, -0.1) is 0 Å². The number of hydrogen-bond donors (Lipinski definition) is 2. The van der Waals surface area contributed by atoms with Crippen LogP contribution in [0.4, 0.5) is 10.1 Å². The van der Waals surface area contributed by atoms with Crippen molar-refractivity contribution in [2.45, 2.75) is 70.0 Å². The van der Waals surface area contributed by atoms with Crippen molar-refractivity contribution < 1.29 is 22.4 Å². The molecule has 0 aromatic heterocycles. The smallest absolute Gasteiger partial charge is 0.279 e. The lowest BCUT2D eigenvalue weighted by Gasteiger charge is -2.41. The quantitative estimate of drug-likeness (QED) is 0.473. The van der Waals surface area contributed by atoms with Crippen molar-refractivity contribution in [1.82, 2.24) is 14.3 Å². The van der Waals surface area contributed by atoms with Gasteiger partial charge in [0.25, 0.3) is 10.2 Å². The van der Waals surface area contributed by atoms with E-state index in [2.05, 4.69) is 10.0 Å². The predicted molar refractivity (Wildman–Crippen MR) is 143 cm³/mol. The summed E-state index contributed by atoms with van der Waals surface area (Å²) >= 11 is 0. The number of aryl methyl sites for hydroxylation is 1. The molecular weight excluding hydrogens is 507 g/mol. The van der Waals surface area contributed by atoms with Gasteiger partial charge in [0, 0.05) is 36.8 Å². The van der Waals surface area contributed by atoms with Gasteiger partial charge in [0.2, 0.25) is 11.8 Å². The van der Waals surface area contributed by atoms with Crippen molar-refractivity contribution in [3.05, 3.63) is 65.5 Å². The lowest BCUT2D eigenvalue weighted by Crippen LogP contribution is -2.54. The third-order valence-electron chi connectivity index (χ3n) is 7.81. The number of nitrogens with zero attached hydrogens (tertiary/aromatic N) is 2. The van der Waals surface area contributed by atoms with E-state index < -0.39 is 28.0 Å². The van der Waals surface area contributed by atoms with E-state index in [1.54, 1.807) is 6.07 Å². The molecule has 0 bridgehead atoms. The number of anilines is 1. The van der Waals surface area contributed by atoms with E-state index in [1.165, 1.54) is 27.4 Å². The lowest BCUT2D eigenvalue weighted by molar-refractivity contribution is -0.130. The molecule has 1 saturated heterocycles. The predicted octanol–water partition coefficient (Wildman–Crippen LogP) is 3.59. The van der Waals surface area contributed by atoms with Gasteiger partial charge >= 0.3 is 0 Å². The van der Waals surface area contributed by atoms with Crippen LogP contribution in [0.1, 0.15) is 62.1 Å². The summed E-state index contributed by atoms with van der Waals surface area (Å²) in [6.07, 6.45) is 5.66. The van der Waals surface area contributed by atoms with Crippen molar-refractivity contribution in [3.8, 4) is 0 Å². The average molecular weight is 543 g/mol. The number of amides is 2. The highest BCUT2D eigenvalue weighted by Gasteiger charge is 2.44. The highest BCUT2D eigenvalue weighted by atomic mass is 32.2. The van der Waals surface area contributed by atoms with Crippen LogP contribution in [0, 0.1) is 18.7 Å². The molecule has 2 N–H and O–H groups in total. The Morgan fingerprint density at radius 2 is 1.71 bits per heavy atom. The third kappa shape index (κ3) is 5.92. The normalized spacial score (nSPS) is 22.8.